The molecule has 1 aliphatic rings. The molecule has 0 bridgehead atoms. The van der Waals surface area contributed by atoms with Gasteiger partial charge >= 0.3 is 0 Å². The molecule has 0 fully saturated rings. The standard InChI is InChI=1S/C20H24F2N4O3/c1-3-17(29-2)20(28)25-7-6-18-24-16(12-26(18)9-8-25)19(27)23-11-13-4-5-14(21)15(22)10-13/h4-5,10,12,17H,3,6-9,11H2,1-2H3,(H,23,27). The van der Waals surface area contributed by atoms with Crippen molar-refractivity contribution < 1.29 is 23.1 Å². The number of rotatable bonds is 6. The maximum atomic E-state index is 13.3. The van der Waals surface area contributed by atoms with E-state index in [0.717, 1.165) is 18.0 Å². The summed E-state index contributed by atoms with van der Waals surface area (Å²) in [6.07, 6.45) is 2.34. The summed E-state index contributed by atoms with van der Waals surface area (Å²) in [5, 5.41) is 2.66. The fourth-order valence-corrected chi connectivity index (χ4v) is 3.32. The van der Waals surface area contributed by atoms with Gasteiger partial charge in [-0.1, -0.05) is 13.0 Å². The largest absolute Gasteiger partial charge is 0.372 e. The minimum absolute atomic E-state index is 0.0368. The van der Waals surface area contributed by atoms with Gasteiger partial charge in [-0.15, -0.1) is 0 Å². The quantitative estimate of drug-likeness (QED) is 0.795. The van der Waals surface area contributed by atoms with Crippen LogP contribution >= 0.6 is 0 Å². The number of nitrogens with zero attached hydrogens (tertiary/aromatic N) is 3. The van der Waals surface area contributed by atoms with Crippen LogP contribution in [0, 0.1) is 11.6 Å². The number of carbonyl (C=O) groups is 2. The molecule has 1 unspecified atom stereocenters. The number of imidazole rings is 1. The summed E-state index contributed by atoms with van der Waals surface area (Å²) >= 11 is 0. The first-order valence-electron chi connectivity index (χ1n) is 9.52. The van der Waals surface area contributed by atoms with Gasteiger partial charge in [0.15, 0.2) is 11.6 Å². The van der Waals surface area contributed by atoms with E-state index in [2.05, 4.69) is 10.3 Å². The maximum absolute atomic E-state index is 13.3. The number of aromatic nitrogens is 2. The lowest BCUT2D eigenvalue weighted by Crippen LogP contribution is -2.41. The summed E-state index contributed by atoms with van der Waals surface area (Å²) in [6.45, 7) is 3.52. The molecule has 9 heteroatoms. The summed E-state index contributed by atoms with van der Waals surface area (Å²) in [4.78, 5) is 31.0. The lowest BCUT2D eigenvalue weighted by Gasteiger charge is -2.24. The van der Waals surface area contributed by atoms with Crippen molar-refractivity contribution in [3.05, 3.63) is 53.1 Å². The van der Waals surface area contributed by atoms with Gasteiger partial charge in [0.25, 0.3) is 11.8 Å². The third kappa shape index (κ3) is 4.79. The highest BCUT2D eigenvalue weighted by Crippen LogP contribution is 2.13. The molecule has 29 heavy (non-hydrogen) atoms. The normalized spacial score (nSPS) is 14.8. The van der Waals surface area contributed by atoms with Gasteiger partial charge in [-0.3, -0.25) is 9.59 Å². The molecule has 1 atom stereocenters. The Morgan fingerprint density at radius 3 is 2.72 bits per heavy atom. The number of ether oxygens (including phenoxy) is 1. The number of methoxy groups -OCH3 is 1. The fraction of sp³-hybridized carbons (Fsp3) is 0.450. The number of fused-ring (bicyclic) bond motifs is 1. The Morgan fingerprint density at radius 2 is 2.03 bits per heavy atom. The summed E-state index contributed by atoms with van der Waals surface area (Å²) < 4.78 is 33.3. The van der Waals surface area contributed by atoms with E-state index >= 15 is 0 Å². The highest BCUT2D eigenvalue weighted by atomic mass is 19.2. The molecule has 2 amide bonds. The van der Waals surface area contributed by atoms with Crippen LogP contribution in [-0.4, -0.2) is 52.6 Å². The number of carbonyl (C=O) groups excluding carboxylic acids is 2. The first-order valence-corrected chi connectivity index (χ1v) is 9.52. The molecule has 0 saturated heterocycles. The van der Waals surface area contributed by atoms with E-state index in [4.69, 9.17) is 4.74 Å². The monoisotopic (exact) mass is 406 g/mol. The Hall–Kier alpha value is -2.81. The van der Waals surface area contributed by atoms with E-state index in [1.165, 1.54) is 13.2 Å². The molecule has 0 radical (unpaired) electrons. The zero-order chi connectivity index (χ0) is 21.0. The maximum Gasteiger partial charge on any atom is 0.271 e. The third-order valence-corrected chi connectivity index (χ3v) is 4.99. The molecular formula is C20H24F2N4O3. The van der Waals surface area contributed by atoms with E-state index < -0.39 is 23.6 Å². The Labute approximate surface area is 167 Å². The summed E-state index contributed by atoms with van der Waals surface area (Å²) in [5.74, 6) is -1.59. The highest BCUT2D eigenvalue weighted by Gasteiger charge is 2.26. The number of nitrogens with one attached hydrogen (secondary N) is 1. The van der Waals surface area contributed by atoms with Crippen LogP contribution in [0.3, 0.4) is 0 Å². The van der Waals surface area contributed by atoms with Gasteiger partial charge in [-0.2, -0.15) is 0 Å². The molecule has 2 aromatic rings. The predicted octanol–water partition coefficient (Wildman–Crippen LogP) is 1.90. The van der Waals surface area contributed by atoms with Crippen molar-refractivity contribution >= 4 is 11.8 Å². The van der Waals surface area contributed by atoms with Crippen LogP contribution in [0.5, 0.6) is 0 Å². The molecule has 1 aromatic carbocycles. The van der Waals surface area contributed by atoms with Crippen LogP contribution in [0.2, 0.25) is 0 Å². The molecule has 1 N–H and O–H groups in total. The lowest BCUT2D eigenvalue weighted by molar-refractivity contribution is -0.142. The highest BCUT2D eigenvalue weighted by molar-refractivity contribution is 5.92. The number of halogens is 2. The van der Waals surface area contributed by atoms with Crippen molar-refractivity contribution in [1.82, 2.24) is 19.8 Å². The van der Waals surface area contributed by atoms with Crippen molar-refractivity contribution in [3.8, 4) is 0 Å². The van der Waals surface area contributed by atoms with Crippen LogP contribution in [0.25, 0.3) is 0 Å². The van der Waals surface area contributed by atoms with Crippen LogP contribution < -0.4 is 5.32 Å². The Morgan fingerprint density at radius 1 is 1.24 bits per heavy atom. The van der Waals surface area contributed by atoms with Crippen LogP contribution in [-0.2, 0) is 29.0 Å². The van der Waals surface area contributed by atoms with Gasteiger partial charge in [-0.25, -0.2) is 13.8 Å². The zero-order valence-corrected chi connectivity index (χ0v) is 16.5. The van der Waals surface area contributed by atoms with Crippen LogP contribution in [0.1, 0.15) is 35.2 Å². The third-order valence-electron chi connectivity index (χ3n) is 4.99. The smallest absolute Gasteiger partial charge is 0.271 e. The van der Waals surface area contributed by atoms with E-state index in [9.17, 15) is 18.4 Å². The van der Waals surface area contributed by atoms with Crippen LogP contribution in [0.15, 0.2) is 24.4 Å². The van der Waals surface area contributed by atoms with Crippen molar-refractivity contribution in [2.75, 3.05) is 20.2 Å². The minimum atomic E-state index is -0.955. The SMILES string of the molecule is CCC(OC)C(=O)N1CCc2nc(C(=O)NCc3ccc(F)c(F)c3)cn2CC1. The molecular weight excluding hydrogens is 382 g/mol. The van der Waals surface area contributed by atoms with Crippen molar-refractivity contribution in [3.63, 3.8) is 0 Å². The molecule has 2 heterocycles. The summed E-state index contributed by atoms with van der Waals surface area (Å²) in [5.41, 5.74) is 0.710. The summed E-state index contributed by atoms with van der Waals surface area (Å²) in [7, 11) is 1.53. The molecule has 156 valence electrons. The second-order valence-corrected chi connectivity index (χ2v) is 6.87. The molecule has 7 nitrogen and oxygen atoms in total. The average molecular weight is 406 g/mol. The predicted molar refractivity (Wildman–Crippen MR) is 101 cm³/mol. The van der Waals surface area contributed by atoms with Crippen molar-refractivity contribution in [2.45, 2.75) is 39.0 Å². The second kappa shape index (κ2) is 9.13. The number of benzene rings is 1. The molecule has 1 aromatic heterocycles. The number of amides is 2. The van der Waals surface area contributed by atoms with Gasteiger partial charge in [0.2, 0.25) is 0 Å². The van der Waals surface area contributed by atoms with Gasteiger partial charge in [0.05, 0.1) is 0 Å². The lowest BCUT2D eigenvalue weighted by atomic mass is 10.2. The molecule has 0 aliphatic carbocycles. The first-order chi connectivity index (χ1) is 13.9. The molecule has 0 saturated carbocycles. The van der Waals surface area contributed by atoms with Gasteiger partial charge in [0.1, 0.15) is 17.6 Å². The molecule has 1 aliphatic heterocycles. The summed E-state index contributed by atoms with van der Waals surface area (Å²) in [6, 6.07) is 3.48. The minimum Gasteiger partial charge on any atom is -0.372 e. The van der Waals surface area contributed by atoms with Gasteiger partial charge in [0, 0.05) is 45.9 Å². The molecule has 0 spiro atoms. The zero-order valence-electron chi connectivity index (χ0n) is 16.5. The van der Waals surface area contributed by atoms with Crippen molar-refractivity contribution in [1.29, 1.82) is 0 Å². The number of hydrogen-bond donors (Lipinski definition) is 1. The van der Waals surface area contributed by atoms with Crippen LogP contribution in [0.4, 0.5) is 8.78 Å². The number of hydrogen-bond acceptors (Lipinski definition) is 4. The van der Waals surface area contributed by atoms with E-state index in [1.54, 1.807) is 11.1 Å². The fourth-order valence-electron chi connectivity index (χ4n) is 3.32. The van der Waals surface area contributed by atoms with Gasteiger partial charge in [-0.05, 0) is 24.1 Å². The molecule has 3 rings (SSSR count). The topological polar surface area (TPSA) is 76.5 Å². The van der Waals surface area contributed by atoms with E-state index in [1.807, 2.05) is 11.5 Å². The Kier molecular flexibility index (Phi) is 6.58. The van der Waals surface area contributed by atoms with E-state index in [-0.39, 0.29) is 18.1 Å². The van der Waals surface area contributed by atoms with E-state index in [0.29, 0.717) is 38.0 Å². The second-order valence-electron chi connectivity index (χ2n) is 6.87. The Bertz CT molecular complexity index is 870. The Balaban J connectivity index is 1.60. The first kappa shape index (κ1) is 20.9. The van der Waals surface area contributed by atoms with Gasteiger partial charge < -0.3 is 19.5 Å². The van der Waals surface area contributed by atoms with Crippen molar-refractivity contribution in [2.24, 2.45) is 0 Å². The average Bonchev–Trinajstić information content (AvgIpc) is 3.02.